The molecule has 1 heterocycles. The summed E-state index contributed by atoms with van der Waals surface area (Å²) in [6.07, 6.45) is 3.30. The van der Waals surface area contributed by atoms with Gasteiger partial charge in [-0.2, -0.15) is 0 Å². The second-order valence-electron chi connectivity index (χ2n) is 5.28. The van der Waals surface area contributed by atoms with Gasteiger partial charge in [0.2, 0.25) is 0 Å². The summed E-state index contributed by atoms with van der Waals surface area (Å²) in [6, 6.07) is 0. The van der Waals surface area contributed by atoms with E-state index in [1.54, 1.807) is 0 Å². The lowest BCUT2D eigenvalue weighted by molar-refractivity contribution is 0.228. The van der Waals surface area contributed by atoms with Crippen LogP contribution in [-0.4, -0.2) is 11.5 Å². The summed E-state index contributed by atoms with van der Waals surface area (Å²) in [6.45, 7) is 14.5. The summed E-state index contributed by atoms with van der Waals surface area (Å²) in [5.74, 6) is 0.560. The SMILES string of the molecule is CCCNC(CC)(c1nc(CC)c(C)s1)C(C)C. The van der Waals surface area contributed by atoms with Crippen LogP contribution in [0, 0.1) is 12.8 Å². The average Bonchev–Trinajstić information content (AvgIpc) is 2.72. The van der Waals surface area contributed by atoms with Gasteiger partial charge in [-0.25, -0.2) is 4.98 Å². The Hall–Kier alpha value is -0.410. The molecule has 0 aliphatic carbocycles. The summed E-state index contributed by atoms with van der Waals surface area (Å²) < 4.78 is 0. The molecule has 0 fully saturated rings. The molecule has 104 valence electrons. The zero-order valence-electron chi connectivity index (χ0n) is 12.8. The molecule has 0 saturated heterocycles. The van der Waals surface area contributed by atoms with E-state index >= 15 is 0 Å². The van der Waals surface area contributed by atoms with E-state index in [0.717, 1.165) is 19.4 Å². The molecule has 1 N–H and O–H groups in total. The van der Waals surface area contributed by atoms with Crippen molar-refractivity contribution in [3.8, 4) is 0 Å². The Labute approximate surface area is 116 Å². The van der Waals surface area contributed by atoms with E-state index in [0.29, 0.717) is 5.92 Å². The van der Waals surface area contributed by atoms with Crippen molar-refractivity contribution in [1.29, 1.82) is 0 Å². The lowest BCUT2D eigenvalue weighted by Crippen LogP contribution is -2.46. The second-order valence-corrected chi connectivity index (χ2v) is 6.49. The molecular formula is C15H28N2S. The molecule has 0 amide bonds. The van der Waals surface area contributed by atoms with Gasteiger partial charge in [0.25, 0.3) is 0 Å². The van der Waals surface area contributed by atoms with Crippen LogP contribution in [0.5, 0.6) is 0 Å². The highest BCUT2D eigenvalue weighted by Crippen LogP contribution is 2.36. The molecule has 0 radical (unpaired) electrons. The first-order valence-electron chi connectivity index (χ1n) is 7.23. The van der Waals surface area contributed by atoms with Crippen molar-refractivity contribution in [1.82, 2.24) is 10.3 Å². The van der Waals surface area contributed by atoms with E-state index in [4.69, 9.17) is 4.98 Å². The zero-order chi connectivity index (χ0) is 13.8. The highest BCUT2D eigenvalue weighted by molar-refractivity contribution is 7.11. The number of aromatic nitrogens is 1. The molecule has 0 aromatic carbocycles. The molecule has 0 saturated carbocycles. The molecular weight excluding hydrogens is 240 g/mol. The number of hydrogen-bond acceptors (Lipinski definition) is 3. The number of thiazole rings is 1. The maximum atomic E-state index is 4.90. The van der Waals surface area contributed by atoms with Crippen molar-refractivity contribution in [2.24, 2.45) is 5.92 Å². The fraction of sp³-hybridized carbons (Fsp3) is 0.800. The van der Waals surface area contributed by atoms with Gasteiger partial charge in [0.1, 0.15) is 5.01 Å². The van der Waals surface area contributed by atoms with Crippen molar-refractivity contribution in [3.05, 3.63) is 15.6 Å². The molecule has 2 nitrogen and oxygen atoms in total. The van der Waals surface area contributed by atoms with E-state index in [2.05, 4.69) is 46.9 Å². The molecule has 0 spiro atoms. The molecule has 0 aliphatic rings. The summed E-state index contributed by atoms with van der Waals surface area (Å²) >= 11 is 1.88. The maximum Gasteiger partial charge on any atom is 0.113 e. The summed E-state index contributed by atoms with van der Waals surface area (Å²) in [5.41, 5.74) is 1.32. The van der Waals surface area contributed by atoms with E-state index < -0.39 is 0 Å². The molecule has 0 aliphatic heterocycles. The third-order valence-electron chi connectivity index (χ3n) is 3.84. The van der Waals surface area contributed by atoms with Crippen LogP contribution in [0.1, 0.15) is 63.0 Å². The first kappa shape index (κ1) is 15.6. The van der Waals surface area contributed by atoms with Crippen LogP contribution in [0.4, 0.5) is 0 Å². The topological polar surface area (TPSA) is 24.9 Å². The Kier molecular flexibility index (Phi) is 5.80. The number of hydrogen-bond donors (Lipinski definition) is 1. The minimum atomic E-state index is 0.0544. The van der Waals surface area contributed by atoms with Gasteiger partial charge in [-0.15, -0.1) is 11.3 Å². The van der Waals surface area contributed by atoms with Gasteiger partial charge in [-0.05, 0) is 38.6 Å². The lowest BCUT2D eigenvalue weighted by Gasteiger charge is -2.36. The molecule has 0 bridgehead atoms. The van der Waals surface area contributed by atoms with Crippen LogP contribution in [0.3, 0.4) is 0 Å². The number of nitrogens with one attached hydrogen (secondary N) is 1. The smallest absolute Gasteiger partial charge is 0.113 e. The van der Waals surface area contributed by atoms with Crippen LogP contribution in [0.25, 0.3) is 0 Å². The molecule has 3 heteroatoms. The minimum absolute atomic E-state index is 0.0544. The van der Waals surface area contributed by atoms with Crippen molar-refractivity contribution >= 4 is 11.3 Å². The highest BCUT2D eigenvalue weighted by atomic mass is 32.1. The van der Waals surface area contributed by atoms with Gasteiger partial charge >= 0.3 is 0 Å². The standard InChI is InChI=1S/C15H28N2S/c1-7-10-16-15(9-3,11(4)5)14-17-13(8-2)12(6)18-14/h11,16H,7-10H2,1-6H3. The summed E-state index contributed by atoms with van der Waals surface area (Å²) in [5, 5.41) is 5.04. The molecule has 1 rings (SSSR count). The van der Waals surface area contributed by atoms with Crippen LogP contribution in [0.15, 0.2) is 0 Å². The Morgan fingerprint density at radius 1 is 1.28 bits per heavy atom. The first-order chi connectivity index (χ1) is 8.51. The Bertz CT molecular complexity index is 371. The second kappa shape index (κ2) is 6.67. The van der Waals surface area contributed by atoms with Crippen LogP contribution in [0.2, 0.25) is 0 Å². The largest absolute Gasteiger partial charge is 0.305 e. The van der Waals surface area contributed by atoms with Crippen molar-refractivity contribution in [3.63, 3.8) is 0 Å². The Morgan fingerprint density at radius 2 is 1.94 bits per heavy atom. The van der Waals surface area contributed by atoms with Crippen LogP contribution in [-0.2, 0) is 12.0 Å². The first-order valence-corrected chi connectivity index (χ1v) is 8.05. The average molecular weight is 268 g/mol. The van der Waals surface area contributed by atoms with Gasteiger partial charge in [0.15, 0.2) is 0 Å². The molecule has 1 atom stereocenters. The number of nitrogens with zero attached hydrogens (tertiary/aromatic N) is 1. The molecule has 1 aromatic rings. The summed E-state index contributed by atoms with van der Waals surface area (Å²) in [4.78, 5) is 6.28. The maximum absolute atomic E-state index is 4.90. The highest BCUT2D eigenvalue weighted by Gasteiger charge is 2.36. The quantitative estimate of drug-likeness (QED) is 0.798. The third kappa shape index (κ3) is 2.94. The fourth-order valence-corrected chi connectivity index (χ4v) is 3.89. The number of aryl methyl sites for hydroxylation is 2. The van der Waals surface area contributed by atoms with Gasteiger partial charge in [-0.1, -0.05) is 34.6 Å². The zero-order valence-corrected chi connectivity index (χ0v) is 13.6. The normalized spacial score (nSPS) is 15.1. The summed E-state index contributed by atoms with van der Waals surface area (Å²) in [7, 11) is 0. The Balaban J connectivity index is 3.14. The van der Waals surface area contributed by atoms with E-state index in [9.17, 15) is 0 Å². The minimum Gasteiger partial charge on any atom is -0.305 e. The van der Waals surface area contributed by atoms with Gasteiger partial charge in [0, 0.05) is 4.88 Å². The van der Waals surface area contributed by atoms with Gasteiger partial charge < -0.3 is 5.32 Å². The number of rotatable bonds is 7. The van der Waals surface area contributed by atoms with Crippen LogP contribution < -0.4 is 5.32 Å². The van der Waals surface area contributed by atoms with E-state index in [1.807, 2.05) is 11.3 Å². The predicted molar refractivity (Wildman–Crippen MR) is 81.3 cm³/mol. The van der Waals surface area contributed by atoms with Gasteiger partial charge in [-0.3, -0.25) is 0 Å². The molecule has 1 aromatic heterocycles. The molecule has 1 unspecified atom stereocenters. The van der Waals surface area contributed by atoms with Crippen molar-refractivity contribution in [2.75, 3.05) is 6.54 Å². The van der Waals surface area contributed by atoms with Crippen molar-refractivity contribution < 1.29 is 0 Å². The monoisotopic (exact) mass is 268 g/mol. The lowest BCUT2D eigenvalue weighted by atomic mass is 9.84. The van der Waals surface area contributed by atoms with E-state index in [1.165, 1.54) is 22.0 Å². The van der Waals surface area contributed by atoms with Crippen LogP contribution >= 0.6 is 11.3 Å². The van der Waals surface area contributed by atoms with E-state index in [-0.39, 0.29) is 5.54 Å². The predicted octanol–water partition coefficient (Wildman–Crippen LogP) is 4.27. The van der Waals surface area contributed by atoms with Crippen molar-refractivity contribution in [2.45, 2.75) is 66.3 Å². The third-order valence-corrected chi connectivity index (χ3v) is 5.03. The Morgan fingerprint density at radius 3 is 2.33 bits per heavy atom. The van der Waals surface area contributed by atoms with Gasteiger partial charge in [0.05, 0.1) is 11.2 Å². The fourth-order valence-electron chi connectivity index (χ4n) is 2.51. The molecule has 18 heavy (non-hydrogen) atoms.